The van der Waals surface area contributed by atoms with E-state index in [0.29, 0.717) is 18.8 Å². The normalized spacial score (nSPS) is 14.8. The van der Waals surface area contributed by atoms with Gasteiger partial charge in [0.2, 0.25) is 5.91 Å². The number of nitrogens with two attached hydrogens (primary N) is 1. The summed E-state index contributed by atoms with van der Waals surface area (Å²) in [5.74, 6) is 0.633. The number of unbranched alkanes of at least 4 members (excludes halogenated alkanes) is 1. The Morgan fingerprint density at radius 1 is 1.39 bits per heavy atom. The highest BCUT2D eigenvalue weighted by molar-refractivity contribution is 8.00. The molecule has 18 heavy (non-hydrogen) atoms. The lowest BCUT2D eigenvalue weighted by Crippen LogP contribution is -2.36. The number of amides is 1. The summed E-state index contributed by atoms with van der Waals surface area (Å²) >= 11 is 1.58. The van der Waals surface area contributed by atoms with Crippen molar-refractivity contribution in [2.45, 2.75) is 24.3 Å². The zero-order valence-electron chi connectivity index (χ0n) is 10.3. The van der Waals surface area contributed by atoms with Crippen molar-refractivity contribution in [1.29, 1.82) is 0 Å². The number of thioether (sulfide) groups is 1. The van der Waals surface area contributed by atoms with Gasteiger partial charge in [0, 0.05) is 24.6 Å². The third kappa shape index (κ3) is 2.85. The van der Waals surface area contributed by atoms with Crippen LogP contribution in [0.1, 0.15) is 18.4 Å². The molecular formula is C13H18N2O2S. The molecule has 1 aromatic rings. The molecule has 2 rings (SSSR count). The number of anilines is 1. The van der Waals surface area contributed by atoms with E-state index >= 15 is 0 Å². The molecule has 0 fully saturated rings. The quantitative estimate of drug-likeness (QED) is 0.790. The Bertz CT molecular complexity index is 437. The Balaban J connectivity index is 2.21. The molecular weight excluding hydrogens is 248 g/mol. The number of nitrogens with zero attached hydrogens (tertiary/aromatic N) is 1. The second kappa shape index (κ2) is 6.22. The Kier molecular flexibility index (Phi) is 4.63. The molecule has 0 atom stereocenters. The SMILES string of the molecule is NCc1ccc2c(c1)N(CCCCO)C(=O)CS2. The van der Waals surface area contributed by atoms with Crippen LogP contribution in [0.3, 0.4) is 0 Å². The van der Waals surface area contributed by atoms with E-state index in [1.54, 1.807) is 11.8 Å². The first kappa shape index (κ1) is 13.4. The van der Waals surface area contributed by atoms with Gasteiger partial charge in [-0.15, -0.1) is 11.8 Å². The lowest BCUT2D eigenvalue weighted by molar-refractivity contribution is -0.116. The number of rotatable bonds is 5. The fraction of sp³-hybridized carbons (Fsp3) is 0.462. The van der Waals surface area contributed by atoms with Gasteiger partial charge in [-0.2, -0.15) is 0 Å². The summed E-state index contributed by atoms with van der Waals surface area (Å²) in [4.78, 5) is 14.9. The number of benzene rings is 1. The first-order chi connectivity index (χ1) is 8.76. The number of carbonyl (C=O) groups is 1. The van der Waals surface area contributed by atoms with Gasteiger partial charge in [-0.05, 0) is 30.5 Å². The second-order valence-corrected chi connectivity index (χ2v) is 5.29. The summed E-state index contributed by atoms with van der Waals surface area (Å²) in [7, 11) is 0. The molecule has 0 saturated carbocycles. The fourth-order valence-electron chi connectivity index (χ4n) is 2.00. The van der Waals surface area contributed by atoms with Crippen LogP contribution in [0.5, 0.6) is 0 Å². The summed E-state index contributed by atoms with van der Waals surface area (Å²) < 4.78 is 0. The summed E-state index contributed by atoms with van der Waals surface area (Å²) in [5, 5.41) is 8.81. The zero-order chi connectivity index (χ0) is 13.0. The molecule has 98 valence electrons. The van der Waals surface area contributed by atoms with Gasteiger partial charge in [0.05, 0.1) is 11.4 Å². The monoisotopic (exact) mass is 266 g/mol. The lowest BCUT2D eigenvalue weighted by Gasteiger charge is -2.29. The predicted octanol–water partition coefficient (Wildman–Crippen LogP) is 1.36. The molecule has 3 N–H and O–H groups in total. The molecule has 1 aliphatic rings. The summed E-state index contributed by atoms with van der Waals surface area (Å²) in [6, 6.07) is 6.04. The molecule has 0 aromatic heterocycles. The van der Waals surface area contributed by atoms with Crippen molar-refractivity contribution in [1.82, 2.24) is 0 Å². The van der Waals surface area contributed by atoms with Gasteiger partial charge in [-0.25, -0.2) is 0 Å². The molecule has 0 spiro atoms. The Morgan fingerprint density at radius 2 is 2.22 bits per heavy atom. The van der Waals surface area contributed by atoms with E-state index in [1.807, 2.05) is 23.1 Å². The highest BCUT2D eigenvalue weighted by atomic mass is 32.2. The van der Waals surface area contributed by atoms with E-state index in [-0.39, 0.29) is 12.5 Å². The number of aliphatic hydroxyl groups is 1. The largest absolute Gasteiger partial charge is 0.396 e. The van der Waals surface area contributed by atoms with Crippen LogP contribution in [0.15, 0.2) is 23.1 Å². The van der Waals surface area contributed by atoms with Gasteiger partial charge in [0.15, 0.2) is 0 Å². The molecule has 1 aliphatic heterocycles. The van der Waals surface area contributed by atoms with Gasteiger partial charge in [0.25, 0.3) is 0 Å². The molecule has 1 aromatic carbocycles. The van der Waals surface area contributed by atoms with Crippen LogP contribution in [0.25, 0.3) is 0 Å². The van der Waals surface area contributed by atoms with Crippen molar-refractivity contribution in [3.63, 3.8) is 0 Å². The fourth-order valence-corrected chi connectivity index (χ4v) is 2.92. The van der Waals surface area contributed by atoms with Crippen LogP contribution in [0.4, 0.5) is 5.69 Å². The average Bonchev–Trinajstić information content (AvgIpc) is 2.41. The molecule has 4 nitrogen and oxygen atoms in total. The topological polar surface area (TPSA) is 66.6 Å². The maximum atomic E-state index is 12.0. The van der Waals surface area contributed by atoms with Gasteiger partial charge in [-0.1, -0.05) is 6.07 Å². The van der Waals surface area contributed by atoms with E-state index in [2.05, 4.69) is 0 Å². The van der Waals surface area contributed by atoms with Crippen LogP contribution in [-0.4, -0.2) is 29.9 Å². The van der Waals surface area contributed by atoms with Crippen LogP contribution in [-0.2, 0) is 11.3 Å². The summed E-state index contributed by atoms with van der Waals surface area (Å²) in [5.41, 5.74) is 7.65. The standard InChI is InChI=1S/C13H18N2O2S/c14-8-10-3-4-12-11(7-10)15(5-1-2-6-16)13(17)9-18-12/h3-4,7,16H,1-2,5-6,8-9,14H2. The number of carbonyl (C=O) groups excluding carboxylic acids is 1. The zero-order valence-corrected chi connectivity index (χ0v) is 11.1. The molecule has 1 heterocycles. The number of hydrogen-bond acceptors (Lipinski definition) is 4. The maximum absolute atomic E-state index is 12.0. The first-order valence-electron chi connectivity index (χ1n) is 6.13. The van der Waals surface area contributed by atoms with Crippen molar-refractivity contribution in [3.8, 4) is 0 Å². The van der Waals surface area contributed by atoms with Crippen molar-refractivity contribution in [2.75, 3.05) is 23.8 Å². The maximum Gasteiger partial charge on any atom is 0.237 e. The lowest BCUT2D eigenvalue weighted by atomic mass is 10.1. The van der Waals surface area contributed by atoms with Gasteiger partial charge < -0.3 is 15.7 Å². The summed E-state index contributed by atoms with van der Waals surface area (Å²) in [6.45, 7) is 1.32. The van der Waals surface area contributed by atoms with E-state index in [9.17, 15) is 4.79 Å². The van der Waals surface area contributed by atoms with Crippen molar-refractivity contribution in [3.05, 3.63) is 23.8 Å². The molecule has 0 aliphatic carbocycles. The summed E-state index contributed by atoms with van der Waals surface area (Å²) in [6.07, 6.45) is 1.54. The van der Waals surface area contributed by atoms with Gasteiger partial charge in [0.1, 0.15) is 0 Å². The number of fused-ring (bicyclic) bond motifs is 1. The minimum Gasteiger partial charge on any atom is -0.396 e. The second-order valence-electron chi connectivity index (χ2n) is 4.27. The van der Waals surface area contributed by atoms with E-state index in [4.69, 9.17) is 10.8 Å². The number of hydrogen-bond donors (Lipinski definition) is 2. The van der Waals surface area contributed by atoms with Crippen LogP contribution >= 0.6 is 11.8 Å². The third-order valence-electron chi connectivity index (χ3n) is 2.99. The minimum atomic E-state index is 0.139. The van der Waals surface area contributed by atoms with Crippen LogP contribution < -0.4 is 10.6 Å². The first-order valence-corrected chi connectivity index (χ1v) is 7.12. The minimum absolute atomic E-state index is 0.139. The third-order valence-corrected chi connectivity index (χ3v) is 4.04. The Labute approximate surface area is 111 Å². The van der Waals surface area contributed by atoms with Gasteiger partial charge in [-0.3, -0.25) is 4.79 Å². The highest BCUT2D eigenvalue weighted by Gasteiger charge is 2.24. The van der Waals surface area contributed by atoms with E-state index in [1.165, 1.54) is 0 Å². The number of aliphatic hydroxyl groups excluding tert-OH is 1. The Hall–Kier alpha value is -1.04. The molecule has 0 bridgehead atoms. The van der Waals surface area contributed by atoms with E-state index in [0.717, 1.165) is 29.0 Å². The molecule has 0 radical (unpaired) electrons. The molecule has 0 unspecified atom stereocenters. The average molecular weight is 266 g/mol. The van der Waals surface area contributed by atoms with Crippen LogP contribution in [0, 0.1) is 0 Å². The molecule has 5 heteroatoms. The Morgan fingerprint density at radius 3 is 2.94 bits per heavy atom. The van der Waals surface area contributed by atoms with Gasteiger partial charge >= 0.3 is 0 Å². The molecule has 1 amide bonds. The smallest absolute Gasteiger partial charge is 0.237 e. The van der Waals surface area contributed by atoms with Crippen LogP contribution in [0.2, 0.25) is 0 Å². The van der Waals surface area contributed by atoms with Crippen molar-refractivity contribution in [2.24, 2.45) is 5.73 Å². The van der Waals surface area contributed by atoms with Crippen molar-refractivity contribution < 1.29 is 9.90 Å². The molecule has 0 saturated heterocycles. The van der Waals surface area contributed by atoms with E-state index < -0.39 is 0 Å². The van der Waals surface area contributed by atoms with Crippen molar-refractivity contribution >= 4 is 23.4 Å². The predicted molar refractivity (Wildman–Crippen MR) is 73.7 cm³/mol. The highest BCUT2D eigenvalue weighted by Crippen LogP contribution is 2.36.